The second-order valence-corrected chi connectivity index (χ2v) is 7.30. The van der Waals surface area contributed by atoms with Gasteiger partial charge in [0.1, 0.15) is 12.1 Å². The lowest BCUT2D eigenvalue weighted by Gasteiger charge is -2.16. The van der Waals surface area contributed by atoms with Gasteiger partial charge in [0.15, 0.2) is 0 Å². The summed E-state index contributed by atoms with van der Waals surface area (Å²) in [4.78, 5) is 25.2. The minimum Gasteiger partial charge on any atom is -0.465 e. The Bertz CT molecular complexity index is 1100. The van der Waals surface area contributed by atoms with E-state index in [2.05, 4.69) is 14.9 Å². The molecule has 0 aliphatic rings. The number of H-pyrrole nitrogens is 1. The minimum atomic E-state index is -0.647. The van der Waals surface area contributed by atoms with E-state index in [0.717, 1.165) is 10.9 Å². The van der Waals surface area contributed by atoms with Gasteiger partial charge in [-0.3, -0.25) is 4.57 Å². The Morgan fingerprint density at radius 1 is 1.41 bits per heavy atom. The SMILES string of the molecule is COC(=O)c1cc(F)cc(-c2ccc(C(C/C(=C\F)CN)n3cn[nH]c3=O)s2)c1. The predicted octanol–water partition coefficient (Wildman–Crippen LogP) is 3.02. The number of nitrogens with two attached hydrogens (primary N) is 1. The Hall–Kier alpha value is -3.11. The zero-order chi connectivity index (χ0) is 21.0. The van der Waals surface area contributed by atoms with Crippen molar-refractivity contribution >= 4 is 17.3 Å². The molecule has 7 nitrogen and oxygen atoms in total. The number of carbonyl (C=O) groups is 1. The predicted molar refractivity (Wildman–Crippen MR) is 105 cm³/mol. The smallest absolute Gasteiger partial charge is 0.343 e. The number of methoxy groups -OCH3 is 1. The summed E-state index contributed by atoms with van der Waals surface area (Å²) in [6.45, 7) is 0.00419. The number of carbonyl (C=O) groups excluding carboxylic acids is 1. The van der Waals surface area contributed by atoms with Crippen molar-refractivity contribution < 1.29 is 18.3 Å². The third-order valence-electron chi connectivity index (χ3n) is 4.34. The van der Waals surface area contributed by atoms with E-state index in [1.54, 1.807) is 12.1 Å². The summed E-state index contributed by atoms with van der Waals surface area (Å²) in [5.41, 5.74) is 6.03. The Kier molecular flexibility index (Phi) is 6.35. The normalized spacial score (nSPS) is 12.8. The number of nitrogens with zero attached hydrogens (tertiary/aromatic N) is 2. The molecule has 0 saturated heterocycles. The summed E-state index contributed by atoms with van der Waals surface area (Å²) in [5, 5.41) is 6.05. The molecule has 3 aromatic rings. The van der Waals surface area contributed by atoms with Gasteiger partial charge in [-0.2, -0.15) is 5.10 Å². The lowest BCUT2D eigenvalue weighted by atomic mass is 10.1. The number of hydrogen-bond acceptors (Lipinski definition) is 6. The van der Waals surface area contributed by atoms with Crippen LogP contribution in [0.1, 0.15) is 27.7 Å². The quantitative estimate of drug-likeness (QED) is 0.572. The van der Waals surface area contributed by atoms with Gasteiger partial charge in [-0.05, 0) is 47.9 Å². The maximum Gasteiger partial charge on any atom is 0.343 e. The summed E-state index contributed by atoms with van der Waals surface area (Å²) in [6, 6.07) is 6.88. The Balaban J connectivity index is 2.02. The molecule has 0 amide bonds. The molecule has 3 rings (SSSR count). The van der Waals surface area contributed by atoms with Crippen molar-refractivity contribution in [1.29, 1.82) is 0 Å². The second-order valence-electron chi connectivity index (χ2n) is 6.18. The van der Waals surface area contributed by atoms with Gasteiger partial charge in [-0.25, -0.2) is 23.5 Å². The molecule has 0 bridgehead atoms. The van der Waals surface area contributed by atoms with E-state index in [0.29, 0.717) is 22.3 Å². The van der Waals surface area contributed by atoms with E-state index in [-0.39, 0.29) is 18.5 Å². The third-order valence-corrected chi connectivity index (χ3v) is 5.58. The highest BCUT2D eigenvalue weighted by atomic mass is 32.1. The highest BCUT2D eigenvalue weighted by molar-refractivity contribution is 7.15. The van der Waals surface area contributed by atoms with Crippen molar-refractivity contribution in [3.8, 4) is 10.4 Å². The van der Waals surface area contributed by atoms with Crippen molar-refractivity contribution in [2.75, 3.05) is 13.7 Å². The average molecular weight is 420 g/mol. The number of nitrogens with one attached hydrogen (secondary N) is 1. The zero-order valence-corrected chi connectivity index (χ0v) is 16.2. The Morgan fingerprint density at radius 3 is 2.83 bits per heavy atom. The number of thiophene rings is 1. The van der Waals surface area contributed by atoms with E-state index in [1.807, 2.05) is 0 Å². The van der Waals surface area contributed by atoms with Gasteiger partial charge in [-0.1, -0.05) is 0 Å². The molecular formula is C19H18F2N4O3S. The summed E-state index contributed by atoms with van der Waals surface area (Å²) < 4.78 is 33.1. The lowest BCUT2D eigenvalue weighted by molar-refractivity contribution is 0.0600. The highest BCUT2D eigenvalue weighted by Crippen LogP contribution is 2.35. The van der Waals surface area contributed by atoms with Gasteiger partial charge < -0.3 is 10.5 Å². The first-order valence-corrected chi connectivity index (χ1v) is 9.37. The zero-order valence-electron chi connectivity index (χ0n) is 15.4. The average Bonchev–Trinajstić information content (AvgIpc) is 3.37. The summed E-state index contributed by atoms with van der Waals surface area (Å²) in [7, 11) is 1.22. The van der Waals surface area contributed by atoms with Crippen LogP contribution in [0.5, 0.6) is 0 Å². The topological polar surface area (TPSA) is 103 Å². The number of benzene rings is 1. The second kappa shape index (κ2) is 8.93. The number of esters is 1. The van der Waals surface area contributed by atoms with E-state index < -0.39 is 23.5 Å². The number of ether oxygens (including phenoxy) is 1. The van der Waals surface area contributed by atoms with Crippen LogP contribution in [-0.2, 0) is 4.74 Å². The minimum absolute atomic E-state index is 0.00419. The van der Waals surface area contributed by atoms with Crippen molar-refractivity contribution in [3.63, 3.8) is 0 Å². The largest absolute Gasteiger partial charge is 0.465 e. The summed E-state index contributed by atoms with van der Waals surface area (Å²) >= 11 is 1.29. The maximum absolute atomic E-state index is 14.0. The van der Waals surface area contributed by atoms with Gasteiger partial charge in [-0.15, -0.1) is 11.3 Å². The first kappa shape index (κ1) is 20.6. The van der Waals surface area contributed by atoms with Gasteiger partial charge >= 0.3 is 11.7 Å². The van der Waals surface area contributed by atoms with Gasteiger partial charge in [0, 0.05) is 16.3 Å². The fourth-order valence-electron chi connectivity index (χ4n) is 2.89. The van der Waals surface area contributed by atoms with E-state index >= 15 is 0 Å². The summed E-state index contributed by atoms with van der Waals surface area (Å²) in [6.07, 6.45) is 1.93. The molecule has 1 unspecified atom stereocenters. The Morgan fingerprint density at radius 2 is 2.21 bits per heavy atom. The van der Waals surface area contributed by atoms with E-state index in [1.165, 1.54) is 41.5 Å². The molecule has 0 spiro atoms. The third kappa shape index (κ3) is 4.49. The first-order valence-electron chi connectivity index (χ1n) is 8.55. The Labute approximate surface area is 168 Å². The van der Waals surface area contributed by atoms with Crippen molar-refractivity contribution in [1.82, 2.24) is 14.8 Å². The number of rotatable bonds is 7. The molecule has 29 heavy (non-hydrogen) atoms. The van der Waals surface area contributed by atoms with Gasteiger partial charge in [0.05, 0.1) is 25.0 Å². The van der Waals surface area contributed by atoms with Crippen LogP contribution in [0, 0.1) is 5.82 Å². The molecule has 0 fully saturated rings. The maximum atomic E-state index is 14.0. The number of aromatic nitrogens is 3. The van der Waals surface area contributed by atoms with E-state index in [9.17, 15) is 18.4 Å². The fourth-order valence-corrected chi connectivity index (χ4v) is 3.98. The van der Waals surface area contributed by atoms with Crippen molar-refractivity contribution in [2.45, 2.75) is 12.5 Å². The van der Waals surface area contributed by atoms with Crippen molar-refractivity contribution in [3.05, 3.63) is 75.3 Å². The highest BCUT2D eigenvalue weighted by Gasteiger charge is 2.21. The van der Waals surface area contributed by atoms with Crippen molar-refractivity contribution in [2.24, 2.45) is 5.73 Å². The number of hydrogen-bond donors (Lipinski definition) is 2. The van der Waals surface area contributed by atoms with Crippen LogP contribution in [0.15, 0.2) is 53.4 Å². The molecule has 0 radical (unpaired) electrons. The molecule has 1 atom stereocenters. The molecular weight excluding hydrogens is 402 g/mol. The molecule has 2 heterocycles. The van der Waals surface area contributed by atoms with Crippen LogP contribution < -0.4 is 11.4 Å². The molecule has 3 N–H and O–H groups in total. The molecule has 2 aromatic heterocycles. The standard InChI is InChI=1S/C19H18F2N4O3S/c1-28-18(26)13-5-12(6-14(21)7-13)16-2-3-17(29-16)15(4-11(8-20)9-22)25-10-23-24-19(25)27/h2-3,5-8,10,15H,4,9,22H2,1H3,(H,24,27)/b11-8+. The van der Waals surface area contributed by atoms with Crippen LogP contribution in [0.2, 0.25) is 0 Å². The molecule has 152 valence electrons. The summed E-state index contributed by atoms with van der Waals surface area (Å²) in [5.74, 6) is -1.22. The first-order chi connectivity index (χ1) is 14.0. The molecule has 0 aliphatic carbocycles. The van der Waals surface area contributed by atoms with Crippen LogP contribution in [-0.4, -0.2) is 34.4 Å². The fraction of sp³-hybridized carbons (Fsp3) is 0.211. The van der Waals surface area contributed by atoms with Gasteiger partial charge in [0.2, 0.25) is 0 Å². The number of aromatic amines is 1. The van der Waals surface area contributed by atoms with Crippen LogP contribution >= 0.6 is 11.3 Å². The van der Waals surface area contributed by atoms with Crippen LogP contribution in [0.3, 0.4) is 0 Å². The molecule has 1 aromatic carbocycles. The molecule has 0 saturated carbocycles. The lowest BCUT2D eigenvalue weighted by Crippen LogP contribution is -2.23. The van der Waals surface area contributed by atoms with E-state index in [4.69, 9.17) is 5.73 Å². The molecule has 0 aliphatic heterocycles. The van der Waals surface area contributed by atoms with Crippen LogP contribution in [0.25, 0.3) is 10.4 Å². The van der Waals surface area contributed by atoms with Crippen LogP contribution in [0.4, 0.5) is 8.78 Å². The molecule has 10 heteroatoms. The van der Waals surface area contributed by atoms with Gasteiger partial charge in [0.25, 0.3) is 0 Å². The number of halogens is 2. The monoisotopic (exact) mass is 420 g/mol.